The van der Waals surface area contributed by atoms with E-state index in [9.17, 15) is 4.79 Å². The van der Waals surface area contributed by atoms with Crippen molar-refractivity contribution in [3.8, 4) is 0 Å². The van der Waals surface area contributed by atoms with Crippen LogP contribution in [0, 0.1) is 0 Å². The predicted molar refractivity (Wildman–Crippen MR) is 75.2 cm³/mol. The van der Waals surface area contributed by atoms with Gasteiger partial charge in [-0.25, -0.2) is 4.79 Å². The highest BCUT2D eigenvalue weighted by Crippen LogP contribution is 2.16. The van der Waals surface area contributed by atoms with Crippen molar-refractivity contribution in [2.24, 2.45) is 0 Å². The SMILES string of the molecule is O=C(Nc1ccccc1)Nc1ccc2cn[nH]c2c1. The standard InChI is InChI=1S/C14H12N4O/c19-14(16-11-4-2-1-3-5-11)17-12-7-6-10-9-15-18-13(10)8-12/h1-9H,(H,15,18)(H2,16,17,19). The van der Waals surface area contributed by atoms with Gasteiger partial charge in [0.25, 0.3) is 0 Å². The molecule has 0 atom stereocenters. The molecule has 0 fully saturated rings. The number of anilines is 2. The number of aromatic nitrogens is 2. The molecule has 0 bridgehead atoms. The molecule has 0 aliphatic carbocycles. The number of H-pyrrole nitrogens is 1. The molecule has 94 valence electrons. The Hall–Kier alpha value is -2.82. The number of hydrogen-bond acceptors (Lipinski definition) is 2. The van der Waals surface area contributed by atoms with E-state index in [1.807, 2.05) is 48.5 Å². The van der Waals surface area contributed by atoms with E-state index in [1.165, 1.54) is 0 Å². The second kappa shape index (κ2) is 4.81. The Balaban J connectivity index is 1.72. The highest BCUT2D eigenvalue weighted by molar-refractivity contribution is 6.00. The minimum atomic E-state index is -0.273. The lowest BCUT2D eigenvalue weighted by atomic mass is 10.2. The fourth-order valence-electron chi connectivity index (χ4n) is 1.83. The van der Waals surface area contributed by atoms with Crippen molar-refractivity contribution in [1.29, 1.82) is 0 Å². The van der Waals surface area contributed by atoms with Crippen LogP contribution >= 0.6 is 0 Å². The van der Waals surface area contributed by atoms with Crippen LogP contribution in [0.2, 0.25) is 0 Å². The fraction of sp³-hybridized carbons (Fsp3) is 0. The van der Waals surface area contributed by atoms with E-state index in [2.05, 4.69) is 20.8 Å². The van der Waals surface area contributed by atoms with E-state index in [0.29, 0.717) is 5.69 Å². The lowest BCUT2D eigenvalue weighted by Gasteiger charge is -2.07. The molecule has 5 nitrogen and oxygen atoms in total. The summed E-state index contributed by atoms with van der Waals surface area (Å²) >= 11 is 0. The largest absolute Gasteiger partial charge is 0.323 e. The number of aromatic amines is 1. The molecule has 0 spiro atoms. The Morgan fingerprint density at radius 1 is 1.00 bits per heavy atom. The number of carbonyl (C=O) groups excluding carboxylic acids is 1. The van der Waals surface area contributed by atoms with Gasteiger partial charge in [0.05, 0.1) is 11.7 Å². The Morgan fingerprint density at radius 3 is 2.63 bits per heavy atom. The maximum Gasteiger partial charge on any atom is 0.323 e. The van der Waals surface area contributed by atoms with Crippen LogP contribution in [0.1, 0.15) is 0 Å². The number of nitrogens with zero attached hydrogens (tertiary/aromatic N) is 1. The number of rotatable bonds is 2. The quantitative estimate of drug-likeness (QED) is 0.655. The van der Waals surface area contributed by atoms with Crippen molar-refractivity contribution in [2.45, 2.75) is 0 Å². The van der Waals surface area contributed by atoms with Crippen molar-refractivity contribution >= 4 is 28.3 Å². The average Bonchev–Trinajstić information content (AvgIpc) is 2.87. The minimum Gasteiger partial charge on any atom is -0.308 e. The molecule has 0 unspecified atom stereocenters. The van der Waals surface area contributed by atoms with Crippen LogP contribution in [0.4, 0.5) is 16.2 Å². The first kappa shape index (κ1) is 11.3. The Bertz CT molecular complexity index is 706. The van der Waals surface area contributed by atoms with Crippen molar-refractivity contribution in [3.05, 3.63) is 54.7 Å². The molecular weight excluding hydrogens is 240 g/mol. The first-order valence-corrected chi connectivity index (χ1v) is 5.87. The minimum absolute atomic E-state index is 0.273. The molecule has 2 amide bonds. The molecule has 0 aliphatic heterocycles. The lowest BCUT2D eigenvalue weighted by molar-refractivity contribution is 0.262. The molecule has 0 saturated heterocycles. The summed E-state index contributed by atoms with van der Waals surface area (Å²) in [5.74, 6) is 0. The second-order valence-corrected chi connectivity index (χ2v) is 4.12. The number of nitrogens with one attached hydrogen (secondary N) is 3. The predicted octanol–water partition coefficient (Wildman–Crippen LogP) is 3.21. The maximum atomic E-state index is 11.8. The van der Waals surface area contributed by atoms with Gasteiger partial charge < -0.3 is 10.6 Å². The number of fused-ring (bicyclic) bond motifs is 1. The number of hydrogen-bond donors (Lipinski definition) is 3. The van der Waals surface area contributed by atoms with Crippen LogP contribution in [0.3, 0.4) is 0 Å². The normalized spacial score (nSPS) is 10.3. The zero-order valence-corrected chi connectivity index (χ0v) is 10.1. The van der Waals surface area contributed by atoms with Crippen molar-refractivity contribution in [1.82, 2.24) is 10.2 Å². The molecule has 0 saturated carbocycles. The Morgan fingerprint density at radius 2 is 1.79 bits per heavy atom. The fourth-order valence-corrected chi connectivity index (χ4v) is 1.83. The number of amides is 2. The van der Waals surface area contributed by atoms with Gasteiger partial charge in [0.2, 0.25) is 0 Å². The van der Waals surface area contributed by atoms with Gasteiger partial charge in [-0.05, 0) is 30.3 Å². The molecule has 1 heterocycles. The molecule has 2 aromatic carbocycles. The third-order valence-corrected chi connectivity index (χ3v) is 2.73. The molecule has 3 rings (SSSR count). The van der Waals surface area contributed by atoms with Crippen molar-refractivity contribution < 1.29 is 4.79 Å². The molecular formula is C14H12N4O. The van der Waals surface area contributed by atoms with Gasteiger partial charge in [-0.15, -0.1) is 0 Å². The summed E-state index contributed by atoms with van der Waals surface area (Å²) in [7, 11) is 0. The molecule has 5 heteroatoms. The van der Waals surface area contributed by atoms with Crippen LogP contribution < -0.4 is 10.6 Å². The topological polar surface area (TPSA) is 69.8 Å². The maximum absolute atomic E-state index is 11.8. The van der Waals surface area contributed by atoms with Gasteiger partial charge in [0, 0.05) is 16.8 Å². The zero-order chi connectivity index (χ0) is 13.1. The number of para-hydroxylation sites is 1. The van der Waals surface area contributed by atoms with Crippen LogP contribution in [-0.4, -0.2) is 16.2 Å². The van der Waals surface area contributed by atoms with Gasteiger partial charge in [-0.3, -0.25) is 5.10 Å². The molecule has 3 aromatic rings. The Labute approximate surface area is 109 Å². The Kier molecular flexibility index (Phi) is 2.86. The van der Waals surface area contributed by atoms with E-state index in [0.717, 1.165) is 16.6 Å². The molecule has 3 N–H and O–H groups in total. The summed E-state index contributed by atoms with van der Waals surface area (Å²) in [5, 5.41) is 13.3. The summed E-state index contributed by atoms with van der Waals surface area (Å²) in [6, 6.07) is 14.6. The third-order valence-electron chi connectivity index (χ3n) is 2.73. The molecule has 0 aliphatic rings. The average molecular weight is 252 g/mol. The van der Waals surface area contributed by atoms with Gasteiger partial charge >= 0.3 is 6.03 Å². The summed E-state index contributed by atoms with van der Waals surface area (Å²) < 4.78 is 0. The first-order valence-electron chi connectivity index (χ1n) is 5.87. The highest BCUT2D eigenvalue weighted by atomic mass is 16.2. The van der Waals surface area contributed by atoms with E-state index >= 15 is 0 Å². The van der Waals surface area contributed by atoms with E-state index in [-0.39, 0.29) is 6.03 Å². The number of carbonyl (C=O) groups is 1. The smallest absolute Gasteiger partial charge is 0.308 e. The second-order valence-electron chi connectivity index (χ2n) is 4.12. The summed E-state index contributed by atoms with van der Waals surface area (Å²) in [6.45, 7) is 0. The summed E-state index contributed by atoms with van der Waals surface area (Å²) in [6.07, 6.45) is 1.74. The van der Waals surface area contributed by atoms with E-state index in [4.69, 9.17) is 0 Å². The van der Waals surface area contributed by atoms with Crippen LogP contribution in [0.25, 0.3) is 10.9 Å². The van der Waals surface area contributed by atoms with Gasteiger partial charge in [-0.1, -0.05) is 18.2 Å². The molecule has 1 aromatic heterocycles. The zero-order valence-electron chi connectivity index (χ0n) is 10.1. The van der Waals surface area contributed by atoms with Crippen LogP contribution in [0.5, 0.6) is 0 Å². The van der Waals surface area contributed by atoms with E-state index < -0.39 is 0 Å². The number of benzene rings is 2. The van der Waals surface area contributed by atoms with Crippen LogP contribution in [0.15, 0.2) is 54.7 Å². The van der Waals surface area contributed by atoms with Gasteiger partial charge in [-0.2, -0.15) is 5.10 Å². The summed E-state index contributed by atoms with van der Waals surface area (Å²) in [4.78, 5) is 11.8. The van der Waals surface area contributed by atoms with Gasteiger partial charge in [0.1, 0.15) is 0 Å². The van der Waals surface area contributed by atoms with Crippen LogP contribution in [-0.2, 0) is 0 Å². The summed E-state index contributed by atoms with van der Waals surface area (Å²) in [5.41, 5.74) is 2.35. The van der Waals surface area contributed by atoms with Gasteiger partial charge in [0.15, 0.2) is 0 Å². The molecule has 19 heavy (non-hydrogen) atoms. The monoisotopic (exact) mass is 252 g/mol. The number of urea groups is 1. The highest BCUT2D eigenvalue weighted by Gasteiger charge is 2.03. The first-order chi connectivity index (χ1) is 9.31. The van der Waals surface area contributed by atoms with Crippen molar-refractivity contribution in [3.63, 3.8) is 0 Å². The van der Waals surface area contributed by atoms with E-state index in [1.54, 1.807) is 6.20 Å². The van der Waals surface area contributed by atoms with Crippen molar-refractivity contribution in [2.75, 3.05) is 10.6 Å². The third kappa shape index (κ3) is 2.55. The lowest BCUT2D eigenvalue weighted by Crippen LogP contribution is -2.19. The molecule has 0 radical (unpaired) electrons.